The van der Waals surface area contributed by atoms with E-state index >= 15 is 0 Å². The minimum Gasteiger partial charge on any atom is -0.458 e. The van der Waals surface area contributed by atoms with Crippen molar-refractivity contribution in [2.75, 3.05) is 5.32 Å². The average molecular weight is 453 g/mol. The monoisotopic (exact) mass is 452 g/mol. The summed E-state index contributed by atoms with van der Waals surface area (Å²) in [6.07, 6.45) is -0.393. The van der Waals surface area contributed by atoms with E-state index in [2.05, 4.69) is 5.32 Å². The van der Waals surface area contributed by atoms with Crippen LogP contribution in [0.4, 0.5) is 19.3 Å². The summed E-state index contributed by atoms with van der Waals surface area (Å²) in [7, 11) is 0. The van der Waals surface area contributed by atoms with Gasteiger partial charge in [0.25, 0.3) is 5.91 Å². The van der Waals surface area contributed by atoms with E-state index in [1.54, 1.807) is 0 Å². The lowest BCUT2D eigenvalue weighted by atomic mass is 9.96. The first kappa shape index (κ1) is 24.3. The van der Waals surface area contributed by atoms with Crippen LogP contribution in [0.2, 0.25) is 5.02 Å². The molecule has 0 unspecified atom stereocenters. The number of ether oxygens (including phenoxy) is 1. The highest BCUT2D eigenvalue weighted by molar-refractivity contribution is 6.34. The molecule has 0 radical (unpaired) electrons. The van der Waals surface area contributed by atoms with E-state index in [1.807, 2.05) is 33.0 Å². The third-order valence-electron chi connectivity index (χ3n) is 4.44. The lowest BCUT2D eigenvalue weighted by Crippen LogP contribution is -2.36. The highest BCUT2D eigenvalue weighted by Crippen LogP contribution is 2.27. The number of halogens is 3. The van der Waals surface area contributed by atoms with Crippen LogP contribution in [0, 0.1) is 23.5 Å². The van der Waals surface area contributed by atoms with Crippen molar-refractivity contribution in [3.8, 4) is 0 Å². The van der Waals surface area contributed by atoms with Crippen molar-refractivity contribution < 1.29 is 27.9 Å². The third-order valence-corrected chi connectivity index (χ3v) is 4.76. The molecule has 2 rings (SSSR count). The summed E-state index contributed by atoms with van der Waals surface area (Å²) in [4.78, 5) is 37.1. The van der Waals surface area contributed by atoms with Crippen molar-refractivity contribution in [2.45, 2.75) is 33.8 Å². The number of hydrogen-bond acceptors (Lipinski definition) is 4. The van der Waals surface area contributed by atoms with Crippen LogP contribution in [-0.2, 0) is 4.74 Å². The molecule has 0 spiro atoms. The van der Waals surface area contributed by atoms with Crippen LogP contribution in [0.25, 0.3) is 0 Å². The van der Waals surface area contributed by atoms with Gasteiger partial charge in [0.05, 0.1) is 10.7 Å². The zero-order chi connectivity index (χ0) is 23.3. The van der Waals surface area contributed by atoms with Gasteiger partial charge in [0.1, 0.15) is 28.9 Å². The molecule has 2 aromatic carbocycles. The van der Waals surface area contributed by atoms with Crippen LogP contribution >= 0.6 is 11.6 Å². The standard InChI is InChI=1S/C22H23ClF2N2O4/c1-11(2)19(12(3)4)31-21(29)17-13(23)7-5-10-16(17)26-22(30)27-20(28)18-14(24)8-6-9-15(18)25/h5-12,19H,1-4H3,(H2,26,27,28,30). The molecule has 0 fully saturated rings. The van der Waals surface area contributed by atoms with Crippen LogP contribution < -0.4 is 10.6 Å². The number of anilines is 1. The highest BCUT2D eigenvalue weighted by Gasteiger charge is 2.26. The van der Waals surface area contributed by atoms with E-state index in [-0.39, 0.29) is 28.1 Å². The number of hydrogen-bond donors (Lipinski definition) is 2. The maximum atomic E-state index is 13.7. The van der Waals surface area contributed by atoms with Crippen molar-refractivity contribution in [3.05, 3.63) is 64.2 Å². The Morgan fingerprint density at radius 2 is 1.45 bits per heavy atom. The lowest BCUT2D eigenvalue weighted by molar-refractivity contribution is 0.00337. The summed E-state index contributed by atoms with van der Waals surface area (Å²) in [6.45, 7) is 7.63. The fraction of sp³-hybridized carbons (Fsp3) is 0.318. The minimum absolute atomic E-state index is 0.0249. The van der Waals surface area contributed by atoms with Crippen LogP contribution in [0.3, 0.4) is 0 Å². The molecule has 3 amide bonds. The number of imide groups is 1. The van der Waals surface area contributed by atoms with Gasteiger partial charge in [0.15, 0.2) is 0 Å². The van der Waals surface area contributed by atoms with Gasteiger partial charge in [-0.2, -0.15) is 0 Å². The lowest BCUT2D eigenvalue weighted by Gasteiger charge is -2.25. The molecule has 0 atom stereocenters. The number of amides is 3. The predicted molar refractivity (Wildman–Crippen MR) is 113 cm³/mol. The Bertz CT molecular complexity index is 967. The number of urea groups is 1. The molecule has 0 aliphatic rings. The second kappa shape index (κ2) is 10.3. The number of carbonyl (C=O) groups excluding carboxylic acids is 3. The zero-order valence-electron chi connectivity index (χ0n) is 17.5. The number of nitrogens with one attached hydrogen (secondary N) is 2. The van der Waals surface area contributed by atoms with Crippen molar-refractivity contribution in [3.63, 3.8) is 0 Å². The summed E-state index contributed by atoms with van der Waals surface area (Å²) in [6, 6.07) is 6.08. The molecule has 9 heteroatoms. The van der Waals surface area contributed by atoms with Gasteiger partial charge in [0.2, 0.25) is 0 Å². The summed E-state index contributed by atoms with van der Waals surface area (Å²) >= 11 is 6.15. The normalized spacial score (nSPS) is 11.0. The van der Waals surface area contributed by atoms with E-state index in [0.717, 1.165) is 18.2 Å². The van der Waals surface area contributed by atoms with Gasteiger partial charge in [-0.3, -0.25) is 10.1 Å². The summed E-state index contributed by atoms with van der Waals surface area (Å²) in [5, 5.41) is 4.16. The van der Waals surface area contributed by atoms with Gasteiger partial charge in [-0.1, -0.05) is 51.4 Å². The summed E-state index contributed by atoms with van der Waals surface area (Å²) < 4.78 is 33.1. The topological polar surface area (TPSA) is 84.5 Å². The van der Waals surface area contributed by atoms with Gasteiger partial charge in [-0.15, -0.1) is 0 Å². The summed E-state index contributed by atoms with van der Waals surface area (Å²) in [5.74, 6) is -4.19. The predicted octanol–water partition coefficient (Wildman–Crippen LogP) is 5.42. The molecule has 0 heterocycles. The Labute approximate surface area is 183 Å². The van der Waals surface area contributed by atoms with E-state index in [0.29, 0.717) is 0 Å². The van der Waals surface area contributed by atoms with E-state index in [1.165, 1.54) is 18.2 Å². The molecule has 0 bridgehead atoms. The second-order valence-corrected chi connectivity index (χ2v) is 7.93. The molecule has 0 saturated heterocycles. The second-order valence-electron chi connectivity index (χ2n) is 7.53. The molecule has 6 nitrogen and oxygen atoms in total. The Hall–Kier alpha value is -3.00. The number of benzene rings is 2. The Morgan fingerprint density at radius 3 is 2.00 bits per heavy atom. The maximum Gasteiger partial charge on any atom is 0.342 e. The summed E-state index contributed by atoms with van der Waals surface area (Å²) in [5.41, 5.74) is -1.03. The Kier molecular flexibility index (Phi) is 8.10. The highest BCUT2D eigenvalue weighted by atomic mass is 35.5. The molecule has 0 saturated carbocycles. The third kappa shape index (κ3) is 6.01. The number of carbonyl (C=O) groups is 3. The first-order chi connectivity index (χ1) is 14.5. The van der Waals surface area contributed by atoms with Crippen LogP contribution in [0.5, 0.6) is 0 Å². The molecule has 166 valence electrons. The Morgan fingerprint density at radius 1 is 0.903 bits per heavy atom. The smallest absolute Gasteiger partial charge is 0.342 e. The zero-order valence-corrected chi connectivity index (χ0v) is 18.2. The molecule has 0 aromatic heterocycles. The molecular weight excluding hydrogens is 430 g/mol. The molecule has 0 aliphatic heterocycles. The first-order valence-electron chi connectivity index (χ1n) is 9.58. The van der Waals surface area contributed by atoms with Gasteiger partial charge in [-0.05, 0) is 36.1 Å². The molecule has 2 N–H and O–H groups in total. The van der Waals surface area contributed by atoms with Gasteiger partial charge in [0, 0.05) is 0 Å². The quantitative estimate of drug-likeness (QED) is 0.573. The SMILES string of the molecule is CC(C)C(OC(=O)c1c(Cl)cccc1NC(=O)NC(=O)c1c(F)cccc1F)C(C)C. The van der Waals surface area contributed by atoms with Crippen molar-refractivity contribution in [2.24, 2.45) is 11.8 Å². The molecule has 0 aliphatic carbocycles. The fourth-order valence-corrected chi connectivity index (χ4v) is 3.35. The average Bonchev–Trinajstić information content (AvgIpc) is 2.65. The number of rotatable bonds is 6. The van der Waals surface area contributed by atoms with Crippen molar-refractivity contribution in [1.29, 1.82) is 0 Å². The van der Waals surface area contributed by atoms with Gasteiger partial charge in [-0.25, -0.2) is 18.4 Å². The largest absolute Gasteiger partial charge is 0.458 e. The van der Waals surface area contributed by atoms with Crippen molar-refractivity contribution in [1.82, 2.24) is 5.32 Å². The maximum absolute atomic E-state index is 13.7. The van der Waals surface area contributed by atoms with Crippen molar-refractivity contribution >= 4 is 35.2 Å². The Balaban J connectivity index is 2.22. The number of esters is 1. The van der Waals surface area contributed by atoms with E-state index in [9.17, 15) is 23.2 Å². The van der Waals surface area contributed by atoms with Crippen LogP contribution in [-0.4, -0.2) is 24.0 Å². The van der Waals surface area contributed by atoms with Crippen LogP contribution in [0.1, 0.15) is 48.4 Å². The minimum atomic E-state index is -1.28. The van der Waals surface area contributed by atoms with Gasteiger partial charge >= 0.3 is 12.0 Å². The molecule has 2 aromatic rings. The van der Waals surface area contributed by atoms with Gasteiger partial charge < -0.3 is 10.1 Å². The molecule has 31 heavy (non-hydrogen) atoms. The molecular formula is C22H23ClF2N2O4. The van der Waals surface area contributed by atoms with Crippen LogP contribution in [0.15, 0.2) is 36.4 Å². The van der Waals surface area contributed by atoms with E-state index in [4.69, 9.17) is 16.3 Å². The first-order valence-corrected chi connectivity index (χ1v) is 9.96. The fourth-order valence-electron chi connectivity index (χ4n) is 3.09. The van der Waals surface area contributed by atoms with E-state index < -0.39 is 41.2 Å².